The summed E-state index contributed by atoms with van der Waals surface area (Å²) in [7, 11) is 0. The Morgan fingerprint density at radius 3 is 2.30 bits per heavy atom. The predicted molar refractivity (Wildman–Crippen MR) is 135 cm³/mol. The number of halogens is 3. The molecule has 2 N–H and O–H groups in total. The molecule has 11 heteroatoms. The molecule has 3 aromatic rings. The summed E-state index contributed by atoms with van der Waals surface area (Å²) < 4.78 is 39.4. The average Bonchev–Trinajstić information content (AvgIpc) is 2.86. The summed E-state index contributed by atoms with van der Waals surface area (Å²) in [5.74, 6) is -1.91. The molecule has 1 aliphatic rings. The van der Waals surface area contributed by atoms with Crippen molar-refractivity contribution in [2.75, 3.05) is 10.2 Å². The minimum Gasteiger partial charge on any atom is -0.324 e. The third kappa shape index (κ3) is 5.78. The van der Waals surface area contributed by atoms with E-state index < -0.39 is 41.9 Å². The summed E-state index contributed by atoms with van der Waals surface area (Å²) in [5.41, 5.74) is 3.20. The highest BCUT2D eigenvalue weighted by Crippen LogP contribution is 2.31. The fraction of sp³-hybridized carbons (Fsp3) is 0.154. The van der Waals surface area contributed by atoms with E-state index in [0.717, 1.165) is 28.8 Å². The summed E-state index contributed by atoms with van der Waals surface area (Å²) in [6.07, 6.45) is -5.00. The second-order valence-corrected chi connectivity index (χ2v) is 8.68. The number of alkyl halides is 3. The number of nitrogens with one attached hydrogen (secondary N) is 2. The number of hydrogen-bond acceptors (Lipinski definition) is 4. The summed E-state index contributed by atoms with van der Waals surface area (Å²) in [4.78, 5) is 40.5. The van der Waals surface area contributed by atoms with Crippen molar-refractivity contribution < 1.29 is 27.6 Å². The van der Waals surface area contributed by atoms with Gasteiger partial charge in [-0.15, -0.1) is 0 Å². The van der Waals surface area contributed by atoms with Crippen LogP contribution in [0.1, 0.15) is 27.9 Å². The van der Waals surface area contributed by atoms with Crippen LogP contribution in [0.5, 0.6) is 0 Å². The van der Waals surface area contributed by atoms with E-state index in [0.29, 0.717) is 5.69 Å². The zero-order chi connectivity index (χ0) is 26.7. The van der Waals surface area contributed by atoms with Gasteiger partial charge in [-0.3, -0.25) is 24.7 Å². The van der Waals surface area contributed by atoms with Crippen molar-refractivity contribution in [3.05, 3.63) is 95.6 Å². The summed E-state index contributed by atoms with van der Waals surface area (Å²) in [5, 5.41) is 3.34. The van der Waals surface area contributed by atoms with Crippen molar-refractivity contribution in [1.29, 1.82) is 0 Å². The number of amides is 3. The molecule has 0 radical (unpaired) electrons. The lowest BCUT2D eigenvalue weighted by atomic mass is 10.1. The SMILES string of the molecule is Cc1ccc(N2C(=O)CC(C(=O)Nc3cccc(C(F)(F)F)c3)N(NC(=O)c3ccccc3)C2=S)cc1. The van der Waals surface area contributed by atoms with Crippen molar-refractivity contribution in [1.82, 2.24) is 10.4 Å². The van der Waals surface area contributed by atoms with E-state index in [4.69, 9.17) is 12.2 Å². The van der Waals surface area contributed by atoms with Gasteiger partial charge >= 0.3 is 6.18 Å². The van der Waals surface area contributed by atoms with Crippen LogP contribution in [0.2, 0.25) is 0 Å². The van der Waals surface area contributed by atoms with Gasteiger partial charge in [0.1, 0.15) is 6.04 Å². The molecule has 7 nitrogen and oxygen atoms in total. The zero-order valence-corrected chi connectivity index (χ0v) is 20.3. The molecule has 1 saturated heterocycles. The van der Waals surface area contributed by atoms with Gasteiger partial charge in [-0.2, -0.15) is 13.2 Å². The van der Waals surface area contributed by atoms with E-state index in [2.05, 4.69) is 10.7 Å². The first kappa shape index (κ1) is 25.8. The number of benzene rings is 3. The van der Waals surface area contributed by atoms with Gasteiger partial charge in [0.25, 0.3) is 5.91 Å². The highest BCUT2D eigenvalue weighted by Gasteiger charge is 2.42. The van der Waals surface area contributed by atoms with Gasteiger partial charge < -0.3 is 5.32 Å². The van der Waals surface area contributed by atoms with Crippen molar-refractivity contribution in [2.45, 2.75) is 25.6 Å². The lowest BCUT2D eigenvalue weighted by Crippen LogP contribution is -2.65. The van der Waals surface area contributed by atoms with Crippen LogP contribution in [-0.2, 0) is 15.8 Å². The van der Waals surface area contributed by atoms with Crippen molar-refractivity contribution >= 4 is 46.4 Å². The standard InChI is InChI=1S/C26H21F3N4O3S/c1-16-10-12-20(13-11-16)32-22(34)15-21(24(36)30-19-9-5-8-18(14-19)26(27,28)29)33(25(32)37)31-23(35)17-6-3-2-4-7-17/h2-14,21H,15H2,1H3,(H,30,36)(H,31,35). The number of hydrazine groups is 1. The summed E-state index contributed by atoms with van der Waals surface area (Å²) in [6.45, 7) is 1.88. The number of carbonyl (C=O) groups is 3. The van der Waals surface area contributed by atoms with Gasteiger partial charge in [0.2, 0.25) is 16.9 Å². The Balaban J connectivity index is 1.65. The summed E-state index contributed by atoms with van der Waals surface area (Å²) >= 11 is 5.53. The molecule has 4 rings (SSSR count). The minimum absolute atomic E-state index is 0.117. The highest BCUT2D eigenvalue weighted by atomic mass is 32.1. The molecule has 0 saturated carbocycles. The zero-order valence-electron chi connectivity index (χ0n) is 19.5. The lowest BCUT2D eigenvalue weighted by molar-refractivity contribution is -0.137. The summed E-state index contributed by atoms with van der Waals surface area (Å²) in [6, 6.07) is 17.9. The molecule has 0 aliphatic carbocycles. The van der Waals surface area contributed by atoms with Gasteiger partial charge in [0, 0.05) is 11.3 Å². The normalized spacial score (nSPS) is 15.9. The maximum Gasteiger partial charge on any atom is 0.416 e. The molecule has 1 atom stereocenters. The number of rotatable bonds is 5. The molecule has 1 heterocycles. The maximum absolute atomic E-state index is 13.2. The Labute approximate surface area is 215 Å². The topological polar surface area (TPSA) is 81.8 Å². The van der Waals surface area contributed by atoms with Gasteiger partial charge in [0.15, 0.2) is 0 Å². The van der Waals surface area contributed by atoms with Crippen LogP contribution in [0.25, 0.3) is 0 Å². The molecule has 3 amide bonds. The van der Waals surface area contributed by atoms with E-state index >= 15 is 0 Å². The first-order valence-corrected chi connectivity index (χ1v) is 11.5. The predicted octanol–water partition coefficient (Wildman–Crippen LogP) is 4.69. The molecule has 3 aromatic carbocycles. The number of nitrogens with zero attached hydrogens (tertiary/aromatic N) is 2. The van der Waals surface area contributed by atoms with E-state index in [9.17, 15) is 27.6 Å². The first-order chi connectivity index (χ1) is 17.5. The van der Waals surface area contributed by atoms with Crippen LogP contribution >= 0.6 is 12.2 Å². The van der Waals surface area contributed by atoms with Gasteiger partial charge in [-0.05, 0) is 61.6 Å². The average molecular weight is 527 g/mol. The quantitative estimate of drug-likeness (QED) is 0.472. The third-order valence-corrected chi connectivity index (χ3v) is 6.02. The Morgan fingerprint density at radius 1 is 0.973 bits per heavy atom. The molecular weight excluding hydrogens is 505 g/mol. The van der Waals surface area contributed by atoms with E-state index in [1.165, 1.54) is 11.0 Å². The Morgan fingerprint density at radius 2 is 1.65 bits per heavy atom. The van der Waals surface area contributed by atoms with E-state index in [1.807, 2.05) is 6.92 Å². The molecule has 1 fully saturated rings. The maximum atomic E-state index is 13.2. The van der Waals surface area contributed by atoms with Crippen LogP contribution in [0.15, 0.2) is 78.9 Å². The lowest BCUT2D eigenvalue weighted by Gasteiger charge is -2.41. The van der Waals surface area contributed by atoms with Crippen LogP contribution in [0.3, 0.4) is 0 Å². The van der Waals surface area contributed by atoms with Gasteiger partial charge in [-0.1, -0.05) is 42.0 Å². The van der Waals surface area contributed by atoms with Gasteiger partial charge in [-0.25, -0.2) is 5.01 Å². The smallest absolute Gasteiger partial charge is 0.324 e. The second-order valence-electron chi connectivity index (χ2n) is 8.31. The monoisotopic (exact) mass is 526 g/mol. The third-order valence-electron chi connectivity index (χ3n) is 5.64. The van der Waals surface area contributed by atoms with E-state index in [-0.39, 0.29) is 16.4 Å². The first-order valence-electron chi connectivity index (χ1n) is 11.1. The fourth-order valence-electron chi connectivity index (χ4n) is 3.74. The van der Waals surface area contributed by atoms with Crippen LogP contribution < -0.4 is 15.6 Å². The molecule has 190 valence electrons. The Kier molecular flexibility index (Phi) is 7.25. The Hall–Kier alpha value is -4.25. The second kappa shape index (κ2) is 10.4. The van der Waals surface area contributed by atoms with Crippen LogP contribution in [-0.4, -0.2) is 33.9 Å². The number of carbonyl (C=O) groups excluding carboxylic acids is 3. The molecule has 0 bridgehead atoms. The fourth-order valence-corrected chi connectivity index (χ4v) is 4.12. The van der Waals surface area contributed by atoms with Gasteiger partial charge in [0.05, 0.1) is 17.7 Å². The van der Waals surface area contributed by atoms with Crippen molar-refractivity contribution in [3.8, 4) is 0 Å². The van der Waals surface area contributed by atoms with Crippen LogP contribution in [0.4, 0.5) is 24.5 Å². The van der Waals surface area contributed by atoms with Crippen molar-refractivity contribution in [2.24, 2.45) is 0 Å². The molecule has 0 aromatic heterocycles. The molecule has 37 heavy (non-hydrogen) atoms. The minimum atomic E-state index is -4.60. The molecular formula is C26H21F3N4O3S. The molecule has 1 unspecified atom stereocenters. The molecule has 0 spiro atoms. The Bertz CT molecular complexity index is 1350. The van der Waals surface area contributed by atoms with Crippen LogP contribution in [0, 0.1) is 6.92 Å². The largest absolute Gasteiger partial charge is 0.416 e. The number of hydrogen-bond donors (Lipinski definition) is 2. The number of thiocarbonyl (C=S) groups is 1. The molecule has 1 aliphatic heterocycles. The number of aryl methyl sites for hydroxylation is 1. The van der Waals surface area contributed by atoms with E-state index in [1.54, 1.807) is 54.6 Å². The van der Waals surface area contributed by atoms with Crippen molar-refractivity contribution in [3.63, 3.8) is 0 Å². The highest BCUT2D eigenvalue weighted by molar-refractivity contribution is 7.80. The number of anilines is 2.